The highest BCUT2D eigenvalue weighted by atomic mass is 35.5. The standard InChI is InChI=1S/C33H31Cl2FN2O3/c1-3-24(30(35)16-18-34)17-19-38(4-2)32(37)15-14-25-12-13-28(21-31(25)36)27-6-5-7-29(20-27)41-22-23-8-10-26(11-9-23)33(39)40/h3,5-17,19-21,37H,4,18,22H2,1-2H3,(H,39,40)/b15-14+,19-17+,24-3-,30-16+,37-32?. The molecular weight excluding hydrogens is 562 g/mol. The summed E-state index contributed by atoms with van der Waals surface area (Å²) in [6.45, 7) is 4.59. The molecule has 3 aromatic carbocycles. The number of rotatable bonds is 12. The van der Waals surface area contributed by atoms with Crippen LogP contribution in [0.3, 0.4) is 0 Å². The Morgan fingerprint density at radius 3 is 2.44 bits per heavy atom. The minimum atomic E-state index is -0.978. The van der Waals surface area contributed by atoms with Crippen LogP contribution in [-0.4, -0.2) is 34.2 Å². The molecule has 0 saturated carbocycles. The molecule has 0 amide bonds. The van der Waals surface area contributed by atoms with E-state index in [1.54, 1.807) is 53.6 Å². The number of hydrogen-bond acceptors (Lipinski definition) is 3. The van der Waals surface area contributed by atoms with Gasteiger partial charge in [0.25, 0.3) is 0 Å². The lowest BCUT2D eigenvalue weighted by Gasteiger charge is -2.17. The van der Waals surface area contributed by atoms with Gasteiger partial charge in [0, 0.05) is 29.2 Å². The zero-order valence-electron chi connectivity index (χ0n) is 22.8. The maximum atomic E-state index is 15.0. The maximum absolute atomic E-state index is 15.0. The monoisotopic (exact) mass is 592 g/mol. The van der Waals surface area contributed by atoms with E-state index in [1.165, 1.54) is 18.2 Å². The minimum Gasteiger partial charge on any atom is -0.489 e. The van der Waals surface area contributed by atoms with Gasteiger partial charge in [0.2, 0.25) is 0 Å². The van der Waals surface area contributed by atoms with Gasteiger partial charge in [-0.2, -0.15) is 0 Å². The van der Waals surface area contributed by atoms with Gasteiger partial charge < -0.3 is 14.7 Å². The van der Waals surface area contributed by atoms with Gasteiger partial charge in [0.1, 0.15) is 24.0 Å². The number of alkyl halides is 1. The number of carboxylic acids is 1. The Kier molecular flexibility index (Phi) is 11.9. The van der Waals surface area contributed by atoms with Gasteiger partial charge >= 0.3 is 5.97 Å². The second-order valence-electron chi connectivity index (χ2n) is 8.83. The maximum Gasteiger partial charge on any atom is 0.335 e. The molecule has 5 nitrogen and oxygen atoms in total. The summed E-state index contributed by atoms with van der Waals surface area (Å²) >= 11 is 12.0. The molecule has 0 radical (unpaired) electrons. The second-order valence-corrected chi connectivity index (χ2v) is 9.54. The van der Waals surface area contributed by atoms with E-state index in [0.29, 0.717) is 34.3 Å². The quantitative estimate of drug-likeness (QED) is 0.0952. The fourth-order valence-electron chi connectivity index (χ4n) is 3.81. The van der Waals surface area contributed by atoms with Gasteiger partial charge in [-0.3, -0.25) is 5.41 Å². The molecule has 0 saturated heterocycles. The topological polar surface area (TPSA) is 73.6 Å². The van der Waals surface area contributed by atoms with E-state index in [2.05, 4.69) is 0 Å². The average molecular weight is 594 g/mol. The van der Waals surface area contributed by atoms with Gasteiger partial charge in [0.05, 0.1) is 5.56 Å². The Labute approximate surface area is 250 Å². The molecule has 0 unspecified atom stereocenters. The number of nitrogens with zero attached hydrogens (tertiary/aromatic N) is 1. The summed E-state index contributed by atoms with van der Waals surface area (Å²) in [5.74, 6) is -0.285. The van der Waals surface area contributed by atoms with E-state index in [1.807, 2.05) is 50.3 Å². The van der Waals surface area contributed by atoms with Crippen molar-refractivity contribution in [3.05, 3.63) is 130 Å². The van der Waals surface area contributed by atoms with E-state index in [4.69, 9.17) is 38.5 Å². The number of carboxylic acid groups (broad SMARTS) is 1. The Morgan fingerprint density at radius 1 is 1.07 bits per heavy atom. The minimum absolute atomic E-state index is 0.197. The molecule has 0 spiro atoms. The lowest BCUT2D eigenvalue weighted by atomic mass is 10.0. The van der Waals surface area contributed by atoms with Crippen molar-refractivity contribution in [3.8, 4) is 16.9 Å². The van der Waals surface area contributed by atoms with E-state index < -0.39 is 11.8 Å². The molecular formula is C33H31Cl2FN2O3. The van der Waals surface area contributed by atoms with Crippen LogP contribution in [0.1, 0.15) is 35.3 Å². The highest BCUT2D eigenvalue weighted by Gasteiger charge is 2.08. The van der Waals surface area contributed by atoms with Crippen molar-refractivity contribution >= 4 is 41.1 Å². The van der Waals surface area contributed by atoms with E-state index >= 15 is 4.39 Å². The Hall–Kier alpha value is -4.13. The largest absolute Gasteiger partial charge is 0.489 e. The van der Waals surface area contributed by atoms with Crippen molar-refractivity contribution in [2.45, 2.75) is 20.5 Å². The SMILES string of the molecule is C/C=C(/C=C/N(CC)C(=N)/C=C/c1ccc(-c2cccc(OCc3ccc(C(=O)O)cc3)c2)cc1F)C(\Cl)=C/CCl. The molecule has 0 aliphatic rings. The first kappa shape index (κ1) is 31.4. The van der Waals surface area contributed by atoms with Crippen LogP contribution >= 0.6 is 23.2 Å². The van der Waals surface area contributed by atoms with Crippen molar-refractivity contribution in [3.63, 3.8) is 0 Å². The second kappa shape index (κ2) is 15.6. The number of halogens is 3. The fraction of sp³-hybridized carbons (Fsp3) is 0.152. The van der Waals surface area contributed by atoms with Crippen LogP contribution in [-0.2, 0) is 6.61 Å². The number of likely N-dealkylation sites (N-methyl/N-ethyl adjacent to an activating group) is 1. The third kappa shape index (κ3) is 9.20. The third-order valence-electron chi connectivity index (χ3n) is 6.12. The number of allylic oxidation sites excluding steroid dienone is 5. The summed E-state index contributed by atoms with van der Waals surface area (Å²) in [4.78, 5) is 12.7. The fourth-order valence-corrected chi connectivity index (χ4v) is 4.29. The van der Waals surface area contributed by atoms with Crippen LogP contribution in [0.4, 0.5) is 4.39 Å². The van der Waals surface area contributed by atoms with Gasteiger partial charge in [-0.15, -0.1) is 11.6 Å². The zero-order valence-corrected chi connectivity index (χ0v) is 24.3. The molecule has 0 bridgehead atoms. The highest BCUT2D eigenvalue weighted by molar-refractivity contribution is 6.33. The normalized spacial score (nSPS) is 12.2. The van der Waals surface area contributed by atoms with Crippen molar-refractivity contribution in [1.82, 2.24) is 4.90 Å². The molecule has 0 heterocycles. The molecule has 41 heavy (non-hydrogen) atoms. The molecule has 8 heteroatoms. The smallest absolute Gasteiger partial charge is 0.335 e. The van der Waals surface area contributed by atoms with E-state index in [9.17, 15) is 4.79 Å². The van der Waals surface area contributed by atoms with Crippen molar-refractivity contribution in [1.29, 1.82) is 5.41 Å². The number of aromatic carboxylic acids is 1. The summed E-state index contributed by atoms with van der Waals surface area (Å²) in [5.41, 5.74) is 3.66. The lowest BCUT2D eigenvalue weighted by Crippen LogP contribution is -2.22. The first-order valence-corrected chi connectivity index (χ1v) is 13.8. The summed E-state index contributed by atoms with van der Waals surface area (Å²) in [6, 6.07) is 18.8. The van der Waals surface area contributed by atoms with Crippen LogP contribution in [0.5, 0.6) is 5.75 Å². The molecule has 0 aliphatic heterocycles. The molecule has 0 fully saturated rings. The first-order chi connectivity index (χ1) is 19.7. The van der Waals surface area contributed by atoms with Crippen molar-refractivity contribution < 1.29 is 19.0 Å². The summed E-state index contributed by atoms with van der Waals surface area (Å²) < 4.78 is 20.9. The number of carbonyl (C=O) groups is 1. The summed E-state index contributed by atoms with van der Waals surface area (Å²) in [7, 11) is 0. The number of benzene rings is 3. The number of nitrogens with one attached hydrogen (secondary N) is 1. The molecule has 3 aromatic rings. The third-order valence-corrected chi connectivity index (χ3v) is 6.65. The van der Waals surface area contributed by atoms with Crippen LogP contribution in [0.15, 0.2) is 108 Å². The number of amidine groups is 1. The molecule has 0 aromatic heterocycles. The predicted molar refractivity (Wildman–Crippen MR) is 166 cm³/mol. The highest BCUT2D eigenvalue weighted by Crippen LogP contribution is 2.27. The van der Waals surface area contributed by atoms with Gasteiger partial charge in [-0.25, -0.2) is 9.18 Å². The summed E-state index contributed by atoms with van der Waals surface area (Å²) in [6.07, 6.45) is 10.2. The Bertz CT molecular complexity index is 1490. The molecule has 3 rings (SSSR count). The predicted octanol–water partition coefficient (Wildman–Crippen LogP) is 8.90. The first-order valence-electron chi connectivity index (χ1n) is 12.9. The lowest BCUT2D eigenvalue weighted by molar-refractivity contribution is 0.0697. The van der Waals surface area contributed by atoms with Gasteiger partial charge in [-0.1, -0.05) is 60.2 Å². The number of hydrogen-bond donors (Lipinski definition) is 2. The van der Waals surface area contributed by atoms with Crippen LogP contribution < -0.4 is 4.74 Å². The van der Waals surface area contributed by atoms with Crippen molar-refractivity contribution in [2.75, 3.05) is 12.4 Å². The molecule has 0 atom stereocenters. The Balaban J connectivity index is 1.68. The molecule has 212 valence electrons. The van der Waals surface area contributed by atoms with E-state index in [0.717, 1.165) is 16.7 Å². The Morgan fingerprint density at radius 2 is 1.80 bits per heavy atom. The molecule has 0 aliphatic carbocycles. The zero-order chi connectivity index (χ0) is 29.8. The van der Waals surface area contributed by atoms with Gasteiger partial charge in [0.15, 0.2) is 0 Å². The van der Waals surface area contributed by atoms with Crippen LogP contribution in [0.2, 0.25) is 0 Å². The van der Waals surface area contributed by atoms with Crippen molar-refractivity contribution in [2.24, 2.45) is 0 Å². The molecule has 2 N–H and O–H groups in total. The van der Waals surface area contributed by atoms with E-state index in [-0.39, 0.29) is 18.0 Å². The number of ether oxygens (including phenoxy) is 1. The van der Waals surface area contributed by atoms with Gasteiger partial charge in [-0.05, 0) is 84.7 Å². The summed E-state index contributed by atoms with van der Waals surface area (Å²) in [5, 5.41) is 18.0. The van der Waals surface area contributed by atoms with Crippen LogP contribution in [0, 0.1) is 11.2 Å². The van der Waals surface area contributed by atoms with Crippen LogP contribution in [0.25, 0.3) is 17.2 Å². The average Bonchev–Trinajstić information content (AvgIpc) is 2.98.